The molecule has 0 aromatic heterocycles. The minimum atomic E-state index is 0.974. The molecule has 0 saturated heterocycles. The second kappa shape index (κ2) is 8.19. The van der Waals surface area contributed by atoms with Crippen LogP contribution in [0.5, 0.6) is 0 Å². The molecule has 1 unspecified atom stereocenters. The number of unbranched alkanes of at least 4 members (excludes halogenated alkanes) is 2. The average Bonchev–Trinajstić information content (AvgIpc) is 2.70. The molecule has 0 spiro atoms. The van der Waals surface area contributed by atoms with Gasteiger partial charge in [0.1, 0.15) is 0 Å². The lowest BCUT2D eigenvalue weighted by atomic mass is 9.96. The maximum absolute atomic E-state index is 2.42. The summed E-state index contributed by atoms with van der Waals surface area (Å²) in [5.74, 6) is 2.08. The highest BCUT2D eigenvalue weighted by atomic mass is 14.2. The van der Waals surface area contributed by atoms with E-state index in [1.807, 2.05) is 0 Å². The molecule has 0 aliphatic heterocycles. The number of hydrogen-bond donors (Lipinski definition) is 0. The Bertz CT molecular complexity index is 133. The Kier molecular flexibility index (Phi) is 7.13. The van der Waals surface area contributed by atoms with Crippen LogP contribution in [0.2, 0.25) is 0 Å². The summed E-state index contributed by atoms with van der Waals surface area (Å²) in [5.41, 5.74) is 0. The highest BCUT2D eigenvalue weighted by molar-refractivity contribution is 4.67. The first-order valence-corrected chi connectivity index (χ1v) is 7.33. The van der Waals surface area contributed by atoms with Gasteiger partial charge >= 0.3 is 0 Å². The Labute approximate surface area is 96.8 Å². The molecule has 0 nitrogen and oxygen atoms in total. The fourth-order valence-electron chi connectivity index (χ4n) is 3.04. The molecule has 0 heteroatoms. The van der Waals surface area contributed by atoms with Crippen molar-refractivity contribution in [3.05, 3.63) is 0 Å². The maximum Gasteiger partial charge on any atom is -0.0414 e. The van der Waals surface area contributed by atoms with Crippen molar-refractivity contribution in [1.29, 1.82) is 0 Å². The van der Waals surface area contributed by atoms with Crippen LogP contribution in [0.4, 0.5) is 0 Å². The molecule has 0 amide bonds. The van der Waals surface area contributed by atoms with Crippen molar-refractivity contribution >= 4 is 0 Å². The molecule has 0 aromatic carbocycles. The third-order valence-electron chi connectivity index (χ3n) is 4.07. The van der Waals surface area contributed by atoms with Crippen molar-refractivity contribution in [2.75, 3.05) is 0 Å². The molecule has 1 rings (SSSR count). The zero-order valence-corrected chi connectivity index (χ0v) is 10.9. The molecule has 1 aliphatic rings. The fourth-order valence-corrected chi connectivity index (χ4v) is 3.04. The lowest BCUT2D eigenvalue weighted by Gasteiger charge is -2.11. The van der Waals surface area contributed by atoms with Crippen LogP contribution in [-0.2, 0) is 0 Å². The Morgan fingerprint density at radius 3 is 2.40 bits per heavy atom. The molecule has 0 N–H and O–H groups in total. The van der Waals surface area contributed by atoms with E-state index in [4.69, 9.17) is 0 Å². The predicted octanol–water partition coefficient (Wildman–Crippen LogP) is 5.56. The Morgan fingerprint density at radius 1 is 1.00 bits per heavy atom. The Morgan fingerprint density at radius 2 is 1.73 bits per heavy atom. The van der Waals surface area contributed by atoms with Crippen molar-refractivity contribution in [3.8, 4) is 0 Å². The average molecular weight is 210 g/mol. The summed E-state index contributed by atoms with van der Waals surface area (Å²) in [4.78, 5) is 0. The molecule has 1 saturated carbocycles. The standard InChI is InChI=1S/C15H30/c1-3-9-14(2)10-5-4-6-11-15-12-7-8-13-15/h14-15H,3-13H2,1-2H3. The van der Waals surface area contributed by atoms with Gasteiger partial charge in [-0.1, -0.05) is 84.5 Å². The monoisotopic (exact) mass is 210 g/mol. The van der Waals surface area contributed by atoms with E-state index in [-0.39, 0.29) is 0 Å². The largest absolute Gasteiger partial charge is 0.0654 e. The first kappa shape index (κ1) is 13.1. The van der Waals surface area contributed by atoms with E-state index in [2.05, 4.69) is 13.8 Å². The van der Waals surface area contributed by atoms with E-state index in [9.17, 15) is 0 Å². The molecular weight excluding hydrogens is 180 g/mol. The van der Waals surface area contributed by atoms with Gasteiger partial charge in [0.05, 0.1) is 0 Å². The van der Waals surface area contributed by atoms with Crippen LogP contribution in [0.25, 0.3) is 0 Å². The van der Waals surface area contributed by atoms with Gasteiger partial charge in [0.15, 0.2) is 0 Å². The maximum atomic E-state index is 2.42. The number of rotatable bonds is 8. The van der Waals surface area contributed by atoms with Crippen molar-refractivity contribution in [2.45, 2.75) is 84.5 Å². The Hall–Kier alpha value is 0. The van der Waals surface area contributed by atoms with E-state index in [1.165, 1.54) is 70.6 Å². The normalized spacial score (nSPS) is 19.6. The third kappa shape index (κ3) is 6.22. The molecule has 0 aromatic rings. The second-order valence-corrected chi connectivity index (χ2v) is 5.68. The molecule has 1 atom stereocenters. The Balaban J connectivity index is 1.84. The van der Waals surface area contributed by atoms with Crippen LogP contribution in [0, 0.1) is 11.8 Å². The third-order valence-corrected chi connectivity index (χ3v) is 4.07. The fraction of sp³-hybridized carbons (Fsp3) is 1.00. The van der Waals surface area contributed by atoms with Gasteiger partial charge in [-0.3, -0.25) is 0 Å². The first-order valence-electron chi connectivity index (χ1n) is 7.33. The van der Waals surface area contributed by atoms with Crippen LogP contribution in [0.15, 0.2) is 0 Å². The highest BCUT2D eigenvalue weighted by Crippen LogP contribution is 2.29. The van der Waals surface area contributed by atoms with Crippen molar-refractivity contribution in [2.24, 2.45) is 11.8 Å². The first-order chi connectivity index (χ1) is 7.33. The van der Waals surface area contributed by atoms with Crippen molar-refractivity contribution < 1.29 is 0 Å². The van der Waals surface area contributed by atoms with Gasteiger partial charge in [-0.05, 0) is 11.8 Å². The SMILES string of the molecule is CCCC(C)CCCCCC1CCCC1. The van der Waals surface area contributed by atoms with Gasteiger partial charge in [0, 0.05) is 0 Å². The van der Waals surface area contributed by atoms with Gasteiger partial charge in [-0.15, -0.1) is 0 Å². The second-order valence-electron chi connectivity index (χ2n) is 5.68. The van der Waals surface area contributed by atoms with E-state index in [1.54, 1.807) is 0 Å². The summed E-state index contributed by atoms with van der Waals surface area (Å²) in [6.07, 6.45) is 16.4. The molecule has 0 bridgehead atoms. The molecule has 15 heavy (non-hydrogen) atoms. The lowest BCUT2D eigenvalue weighted by molar-refractivity contribution is 0.428. The van der Waals surface area contributed by atoms with E-state index in [0.717, 1.165) is 11.8 Å². The van der Waals surface area contributed by atoms with Crippen LogP contribution in [0.3, 0.4) is 0 Å². The van der Waals surface area contributed by atoms with E-state index < -0.39 is 0 Å². The summed E-state index contributed by atoms with van der Waals surface area (Å²) in [6.45, 7) is 4.72. The number of hydrogen-bond acceptors (Lipinski definition) is 0. The van der Waals surface area contributed by atoms with E-state index >= 15 is 0 Å². The molecule has 90 valence electrons. The summed E-state index contributed by atoms with van der Waals surface area (Å²) in [7, 11) is 0. The van der Waals surface area contributed by atoms with E-state index in [0.29, 0.717) is 0 Å². The van der Waals surface area contributed by atoms with Gasteiger partial charge < -0.3 is 0 Å². The van der Waals surface area contributed by atoms with Crippen LogP contribution in [0.1, 0.15) is 84.5 Å². The zero-order valence-electron chi connectivity index (χ0n) is 10.9. The van der Waals surface area contributed by atoms with Gasteiger partial charge in [-0.2, -0.15) is 0 Å². The summed E-state index contributed by atoms with van der Waals surface area (Å²) in [5, 5.41) is 0. The van der Waals surface area contributed by atoms with Crippen LogP contribution >= 0.6 is 0 Å². The van der Waals surface area contributed by atoms with Gasteiger partial charge in [-0.25, -0.2) is 0 Å². The van der Waals surface area contributed by atoms with Crippen molar-refractivity contribution in [3.63, 3.8) is 0 Å². The van der Waals surface area contributed by atoms with Crippen LogP contribution in [-0.4, -0.2) is 0 Å². The minimum absolute atomic E-state index is 0.974. The predicted molar refractivity (Wildman–Crippen MR) is 69.1 cm³/mol. The molecule has 0 radical (unpaired) electrons. The quantitative estimate of drug-likeness (QED) is 0.460. The summed E-state index contributed by atoms with van der Waals surface area (Å²) < 4.78 is 0. The summed E-state index contributed by atoms with van der Waals surface area (Å²) >= 11 is 0. The van der Waals surface area contributed by atoms with Gasteiger partial charge in [0.25, 0.3) is 0 Å². The molecular formula is C15H30. The highest BCUT2D eigenvalue weighted by Gasteiger charge is 2.13. The smallest absolute Gasteiger partial charge is 0.0414 e. The molecule has 1 aliphatic carbocycles. The lowest BCUT2D eigenvalue weighted by Crippen LogP contribution is -1.95. The van der Waals surface area contributed by atoms with Crippen molar-refractivity contribution in [1.82, 2.24) is 0 Å². The summed E-state index contributed by atoms with van der Waals surface area (Å²) in [6, 6.07) is 0. The van der Waals surface area contributed by atoms with Crippen LogP contribution < -0.4 is 0 Å². The topological polar surface area (TPSA) is 0 Å². The van der Waals surface area contributed by atoms with Gasteiger partial charge in [0.2, 0.25) is 0 Å². The minimum Gasteiger partial charge on any atom is -0.0654 e. The molecule has 1 fully saturated rings. The zero-order chi connectivity index (χ0) is 10.9. The molecule has 0 heterocycles.